The fourth-order valence-electron chi connectivity index (χ4n) is 3.68. The van der Waals surface area contributed by atoms with Crippen LogP contribution in [0, 0.1) is 0 Å². The largest absolute Gasteiger partial charge is 0.365 e. The van der Waals surface area contributed by atoms with E-state index in [0.717, 1.165) is 18.5 Å². The lowest BCUT2D eigenvalue weighted by Gasteiger charge is -2.30. The number of rotatable bonds is 5. The minimum absolute atomic E-state index is 0.431. The number of nitrogens with zero attached hydrogens (tertiary/aromatic N) is 2. The van der Waals surface area contributed by atoms with Crippen LogP contribution in [-0.4, -0.2) is 38.4 Å². The van der Waals surface area contributed by atoms with E-state index in [2.05, 4.69) is 17.1 Å². The zero-order chi connectivity index (χ0) is 16.4. The van der Waals surface area contributed by atoms with Crippen molar-refractivity contribution in [1.82, 2.24) is 4.31 Å². The number of allylic oxidation sites excluding steroid dienone is 1. The van der Waals surface area contributed by atoms with E-state index in [1.165, 1.54) is 29.3 Å². The van der Waals surface area contributed by atoms with E-state index < -0.39 is 10.0 Å². The summed E-state index contributed by atoms with van der Waals surface area (Å²) in [6.45, 7) is 5.76. The van der Waals surface area contributed by atoms with E-state index in [1.54, 1.807) is 6.07 Å². The predicted molar refractivity (Wildman–Crippen MR) is 94.4 cm³/mol. The van der Waals surface area contributed by atoms with Gasteiger partial charge in [-0.25, -0.2) is 8.42 Å². The third kappa shape index (κ3) is 3.04. The van der Waals surface area contributed by atoms with Crippen LogP contribution in [-0.2, 0) is 16.4 Å². The van der Waals surface area contributed by atoms with Gasteiger partial charge in [0, 0.05) is 31.4 Å². The molecule has 1 aliphatic heterocycles. The number of sulfonamides is 1. The van der Waals surface area contributed by atoms with Gasteiger partial charge in [-0.3, -0.25) is 0 Å². The van der Waals surface area contributed by atoms with Crippen molar-refractivity contribution in [3.05, 3.63) is 35.9 Å². The summed E-state index contributed by atoms with van der Waals surface area (Å²) in [4.78, 5) is 2.86. The molecular formula is C18H26N2O2S. The van der Waals surface area contributed by atoms with Crippen molar-refractivity contribution in [3.63, 3.8) is 0 Å². The maximum atomic E-state index is 12.7. The van der Waals surface area contributed by atoms with Crippen LogP contribution in [0.1, 0.15) is 38.7 Å². The lowest BCUT2D eigenvalue weighted by Crippen LogP contribution is -2.33. The van der Waals surface area contributed by atoms with Crippen LogP contribution in [0.15, 0.2) is 35.2 Å². The Morgan fingerprint density at radius 2 is 2.04 bits per heavy atom. The first kappa shape index (κ1) is 16.5. The third-order valence-electron chi connectivity index (χ3n) is 4.95. The van der Waals surface area contributed by atoms with Gasteiger partial charge in [0.15, 0.2) is 0 Å². The monoisotopic (exact) mass is 334 g/mol. The molecule has 4 nitrogen and oxygen atoms in total. The second kappa shape index (κ2) is 6.65. The van der Waals surface area contributed by atoms with Crippen molar-refractivity contribution in [1.29, 1.82) is 0 Å². The normalized spacial score (nSPS) is 21.0. The van der Waals surface area contributed by atoms with E-state index in [4.69, 9.17) is 0 Å². The van der Waals surface area contributed by atoms with Crippen LogP contribution in [0.5, 0.6) is 0 Å². The van der Waals surface area contributed by atoms with E-state index in [1.807, 2.05) is 26.0 Å². The van der Waals surface area contributed by atoms with Crippen LogP contribution in [0.3, 0.4) is 0 Å². The van der Waals surface area contributed by atoms with E-state index in [0.29, 0.717) is 24.0 Å². The summed E-state index contributed by atoms with van der Waals surface area (Å²) in [6.07, 6.45) is 9.11. The first-order valence-electron chi connectivity index (χ1n) is 8.64. The molecule has 23 heavy (non-hydrogen) atoms. The Balaban J connectivity index is 1.90. The molecule has 3 rings (SSSR count). The molecule has 0 bridgehead atoms. The summed E-state index contributed by atoms with van der Waals surface area (Å²) < 4.78 is 26.9. The zero-order valence-corrected chi connectivity index (χ0v) is 14.8. The van der Waals surface area contributed by atoms with E-state index in [-0.39, 0.29) is 0 Å². The zero-order valence-electron chi connectivity index (χ0n) is 14.0. The number of hydrogen-bond donors (Lipinski definition) is 0. The lowest BCUT2D eigenvalue weighted by molar-refractivity contribution is 0.445. The number of fused-ring (bicyclic) bond motifs is 1. The highest BCUT2D eigenvalue weighted by atomic mass is 32.2. The van der Waals surface area contributed by atoms with Crippen LogP contribution in [0.2, 0.25) is 0 Å². The Bertz CT molecular complexity index is 693. The number of hydrogen-bond acceptors (Lipinski definition) is 3. The second-order valence-electron chi connectivity index (χ2n) is 6.25. The Hall–Kier alpha value is -1.33. The molecule has 126 valence electrons. The summed E-state index contributed by atoms with van der Waals surface area (Å²) in [5, 5.41) is 0. The molecule has 1 aromatic carbocycles. The van der Waals surface area contributed by atoms with Gasteiger partial charge in [0.1, 0.15) is 0 Å². The van der Waals surface area contributed by atoms with Gasteiger partial charge in [-0.15, -0.1) is 0 Å². The smallest absolute Gasteiger partial charge is 0.243 e. The highest BCUT2D eigenvalue weighted by molar-refractivity contribution is 7.89. The van der Waals surface area contributed by atoms with Crippen molar-refractivity contribution in [2.75, 3.05) is 24.5 Å². The molecule has 1 atom stereocenters. The fourth-order valence-corrected chi connectivity index (χ4v) is 5.18. The van der Waals surface area contributed by atoms with E-state index >= 15 is 0 Å². The molecule has 2 aliphatic rings. The van der Waals surface area contributed by atoms with Crippen molar-refractivity contribution >= 4 is 15.7 Å². The van der Waals surface area contributed by atoms with Crippen LogP contribution < -0.4 is 4.90 Å². The van der Waals surface area contributed by atoms with Gasteiger partial charge in [-0.1, -0.05) is 26.0 Å². The lowest BCUT2D eigenvalue weighted by atomic mass is 10.0. The van der Waals surface area contributed by atoms with Gasteiger partial charge >= 0.3 is 0 Å². The average Bonchev–Trinajstić information content (AvgIpc) is 2.99. The minimum Gasteiger partial charge on any atom is -0.365 e. The number of anilines is 1. The second-order valence-corrected chi connectivity index (χ2v) is 8.19. The summed E-state index contributed by atoms with van der Waals surface area (Å²) in [7, 11) is -3.36. The molecule has 1 aromatic rings. The SMILES string of the molecule is CCN(CC)S(=O)(=O)c1ccc2c(c1)CCN2C1C=CCCC1. The van der Waals surface area contributed by atoms with E-state index in [9.17, 15) is 8.42 Å². The van der Waals surface area contributed by atoms with Crippen LogP contribution >= 0.6 is 0 Å². The van der Waals surface area contributed by atoms with Gasteiger partial charge in [0.05, 0.1) is 4.90 Å². The molecule has 0 saturated carbocycles. The van der Waals surface area contributed by atoms with Crippen LogP contribution in [0.4, 0.5) is 5.69 Å². The standard InChI is InChI=1S/C18H26N2O2S/c1-3-19(4-2)23(21,22)17-10-11-18-15(14-17)12-13-20(18)16-8-6-5-7-9-16/h6,8,10-11,14,16H,3-5,7,9,12-13H2,1-2H3. The first-order chi connectivity index (χ1) is 11.1. The molecule has 1 aliphatic carbocycles. The fraction of sp³-hybridized carbons (Fsp3) is 0.556. The Morgan fingerprint density at radius 3 is 2.70 bits per heavy atom. The first-order valence-corrected chi connectivity index (χ1v) is 10.1. The molecule has 0 aromatic heterocycles. The molecule has 0 fully saturated rings. The maximum Gasteiger partial charge on any atom is 0.243 e. The topological polar surface area (TPSA) is 40.6 Å². The van der Waals surface area contributed by atoms with Crippen molar-refractivity contribution in [3.8, 4) is 0 Å². The Labute approximate surface area is 139 Å². The van der Waals surface area contributed by atoms with Gasteiger partial charge in [-0.2, -0.15) is 4.31 Å². The molecular weight excluding hydrogens is 308 g/mol. The number of benzene rings is 1. The highest BCUT2D eigenvalue weighted by Gasteiger charge is 2.28. The Kier molecular flexibility index (Phi) is 4.78. The average molecular weight is 334 g/mol. The van der Waals surface area contributed by atoms with Crippen LogP contribution in [0.25, 0.3) is 0 Å². The predicted octanol–water partition coefficient (Wildman–Crippen LogP) is 3.19. The molecule has 0 N–H and O–H groups in total. The van der Waals surface area contributed by atoms with Gasteiger partial charge in [0.25, 0.3) is 0 Å². The van der Waals surface area contributed by atoms with Gasteiger partial charge in [0.2, 0.25) is 10.0 Å². The maximum absolute atomic E-state index is 12.7. The summed E-state index contributed by atoms with van der Waals surface area (Å²) in [6, 6.07) is 6.13. The molecule has 1 unspecified atom stereocenters. The molecule has 5 heteroatoms. The molecule has 0 radical (unpaired) electrons. The van der Waals surface area contributed by atoms with Gasteiger partial charge < -0.3 is 4.90 Å². The summed E-state index contributed by atoms with van der Waals surface area (Å²) in [5.74, 6) is 0. The Morgan fingerprint density at radius 1 is 1.26 bits per heavy atom. The highest BCUT2D eigenvalue weighted by Crippen LogP contribution is 2.34. The third-order valence-corrected chi connectivity index (χ3v) is 7.00. The molecule has 0 saturated heterocycles. The minimum atomic E-state index is -3.36. The summed E-state index contributed by atoms with van der Waals surface area (Å²) in [5.41, 5.74) is 2.37. The van der Waals surface area contributed by atoms with Crippen molar-refractivity contribution in [2.45, 2.75) is 50.5 Å². The van der Waals surface area contributed by atoms with Crippen molar-refractivity contribution < 1.29 is 8.42 Å². The molecule has 0 amide bonds. The molecule has 0 spiro atoms. The quantitative estimate of drug-likeness (QED) is 0.777. The van der Waals surface area contributed by atoms with Gasteiger partial charge in [-0.05, 0) is 49.4 Å². The molecule has 1 heterocycles. The summed E-state index contributed by atoms with van der Waals surface area (Å²) >= 11 is 0. The van der Waals surface area contributed by atoms with Crippen molar-refractivity contribution in [2.24, 2.45) is 0 Å².